The number of thioether (sulfide) groups is 1. The maximum atomic E-state index is 13.8. The first kappa shape index (κ1) is 29.0. The summed E-state index contributed by atoms with van der Waals surface area (Å²) >= 11 is 1.20. The van der Waals surface area contributed by atoms with E-state index in [2.05, 4.69) is 15.5 Å². The highest BCUT2D eigenvalue weighted by Crippen LogP contribution is 2.49. The zero-order valence-corrected chi connectivity index (χ0v) is 22.4. The van der Waals surface area contributed by atoms with Gasteiger partial charge in [-0.05, 0) is 19.1 Å². The summed E-state index contributed by atoms with van der Waals surface area (Å²) in [7, 11) is 1.41. The van der Waals surface area contributed by atoms with E-state index in [-0.39, 0.29) is 11.3 Å². The second-order valence-electron chi connectivity index (χ2n) is 9.86. The SMILES string of the molecule is CO[C@@H]1[C@@H](n2cc(-c3cc(F)c(F)c(F)c3)nn2)[C@@H](O)[C@@H](CO)O[C@H]1SC(c1nocc1C)C1(O)CCOCC1. The number of ether oxygens (including phenoxy) is 3. The van der Waals surface area contributed by atoms with E-state index in [4.69, 9.17) is 18.7 Å². The maximum Gasteiger partial charge on any atom is 0.194 e. The third-order valence-electron chi connectivity index (χ3n) is 7.34. The molecule has 1 unspecified atom stereocenters. The lowest BCUT2D eigenvalue weighted by Gasteiger charge is -2.46. The van der Waals surface area contributed by atoms with Crippen molar-refractivity contribution in [1.82, 2.24) is 20.2 Å². The molecule has 2 aliphatic heterocycles. The number of aromatic nitrogens is 4. The number of hydrogen-bond acceptors (Lipinski definition) is 11. The first-order valence-electron chi connectivity index (χ1n) is 12.6. The molecule has 3 N–H and O–H groups in total. The molecule has 11 nitrogen and oxygen atoms in total. The van der Waals surface area contributed by atoms with Gasteiger partial charge in [0.25, 0.3) is 0 Å². The van der Waals surface area contributed by atoms with E-state index in [9.17, 15) is 28.5 Å². The van der Waals surface area contributed by atoms with Gasteiger partial charge in [-0.3, -0.25) is 0 Å². The second-order valence-corrected chi connectivity index (χ2v) is 11.1. The predicted octanol–water partition coefficient (Wildman–Crippen LogP) is 2.31. The van der Waals surface area contributed by atoms with Crippen LogP contribution in [0.15, 0.2) is 29.1 Å². The average molecular weight is 587 g/mol. The summed E-state index contributed by atoms with van der Waals surface area (Å²) in [5.41, 5.74) is -0.910. The first-order chi connectivity index (χ1) is 19.2. The maximum absolute atomic E-state index is 13.8. The summed E-state index contributed by atoms with van der Waals surface area (Å²) < 4.78 is 64.9. The highest BCUT2D eigenvalue weighted by molar-refractivity contribution is 8.00. The number of benzene rings is 1. The van der Waals surface area contributed by atoms with Crippen LogP contribution in [0.25, 0.3) is 11.3 Å². The van der Waals surface area contributed by atoms with Gasteiger partial charge in [0.2, 0.25) is 0 Å². The fourth-order valence-corrected chi connectivity index (χ4v) is 6.85. The number of aliphatic hydroxyl groups is 3. The Morgan fingerprint density at radius 1 is 1.23 bits per heavy atom. The molecule has 2 aromatic heterocycles. The Bertz CT molecular complexity index is 1300. The zero-order chi connectivity index (χ0) is 28.6. The molecule has 0 amide bonds. The number of rotatable bonds is 8. The van der Waals surface area contributed by atoms with Crippen molar-refractivity contribution in [3.05, 3.63) is 53.3 Å². The van der Waals surface area contributed by atoms with Crippen LogP contribution >= 0.6 is 11.8 Å². The van der Waals surface area contributed by atoms with Crippen LogP contribution in [0.1, 0.15) is 35.4 Å². The second kappa shape index (κ2) is 11.8. The number of aryl methyl sites for hydroxylation is 1. The zero-order valence-electron chi connectivity index (χ0n) is 21.6. The molecular formula is C25H29F3N4O7S. The van der Waals surface area contributed by atoms with E-state index in [1.165, 1.54) is 36.0 Å². The molecule has 1 aromatic carbocycles. The number of nitrogens with zero attached hydrogens (tertiary/aromatic N) is 4. The van der Waals surface area contributed by atoms with Crippen LogP contribution in [0.3, 0.4) is 0 Å². The average Bonchev–Trinajstić information content (AvgIpc) is 3.60. The Labute approximate surface area is 231 Å². The third kappa shape index (κ3) is 5.38. The lowest BCUT2D eigenvalue weighted by molar-refractivity contribution is -0.186. The van der Waals surface area contributed by atoms with Gasteiger partial charge < -0.3 is 34.1 Å². The van der Waals surface area contributed by atoms with E-state index in [0.29, 0.717) is 31.7 Å². The molecule has 0 spiro atoms. The van der Waals surface area contributed by atoms with E-state index in [1.807, 2.05) is 0 Å². The van der Waals surface area contributed by atoms with Crippen molar-refractivity contribution >= 4 is 11.8 Å². The van der Waals surface area contributed by atoms with Crippen LogP contribution < -0.4 is 0 Å². The van der Waals surface area contributed by atoms with Gasteiger partial charge in [-0.15, -0.1) is 16.9 Å². The van der Waals surface area contributed by atoms with E-state index in [1.54, 1.807) is 6.92 Å². The highest BCUT2D eigenvalue weighted by atomic mass is 32.2. The molecule has 0 bridgehead atoms. The van der Waals surface area contributed by atoms with Crippen LogP contribution in [0, 0.1) is 24.4 Å². The number of methoxy groups -OCH3 is 1. The van der Waals surface area contributed by atoms with Gasteiger partial charge in [-0.1, -0.05) is 10.4 Å². The van der Waals surface area contributed by atoms with Crippen LogP contribution in [0.2, 0.25) is 0 Å². The lowest BCUT2D eigenvalue weighted by Crippen LogP contribution is -2.56. The van der Waals surface area contributed by atoms with Crippen molar-refractivity contribution in [3.8, 4) is 11.3 Å². The standard InChI is InChI=1S/C25H29F3N4O7S/c1-12-11-38-30-19(12)23(25(35)3-5-37-6-4-25)40-24-22(36-2)20(21(34)17(10-33)39-24)32-9-16(29-31-32)13-7-14(26)18(28)15(27)8-13/h7-9,11,17,20-24,33-35H,3-6,10H2,1-2H3/t17-,20+,21+,22-,23?,24+/m1/s1. The fraction of sp³-hybridized carbons (Fsp3) is 0.560. The van der Waals surface area contributed by atoms with Gasteiger partial charge in [0.1, 0.15) is 47.4 Å². The van der Waals surface area contributed by atoms with Gasteiger partial charge in [0, 0.05) is 44.3 Å². The van der Waals surface area contributed by atoms with Crippen molar-refractivity contribution in [3.63, 3.8) is 0 Å². The Balaban J connectivity index is 1.49. The Morgan fingerprint density at radius 2 is 1.93 bits per heavy atom. The van der Waals surface area contributed by atoms with Gasteiger partial charge in [0.05, 0.1) is 23.7 Å². The molecule has 0 saturated carbocycles. The number of halogens is 3. The third-order valence-corrected chi connectivity index (χ3v) is 8.92. The summed E-state index contributed by atoms with van der Waals surface area (Å²) in [6.07, 6.45) is 0.146. The molecule has 2 fully saturated rings. The van der Waals surface area contributed by atoms with Crippen LogP contribution in [-0.2, 0) is 14.2 Å². The Morgan fingerprint density at radius 3 is 2.52 bits per heavy atom. The largest absolute Gasteiger partial charge is 0.394 e. The normalized spacial score (nSPS) is 27.6. The molecule has 5 rings (SSSR count). The summed E-state index contributed by atoms with van der Waals surface area (Å²) in [5.74, 6) is -4.38. The van der Waals surface area contributed by atoms with Crippen molar-refractivity contribution in [2.45, 2.75) is 60.4 Å². The molecule has 218 valence electrons. The lowest BCUT2D eigenvalue weighted by atomic mass is 9.88. The molecule has 0 aliphatic carbocycles. The van der Waals surface area contributed by atoms with Gasteiger partial charge in [-0.25, -0.2) is 17.9 Å². The molecular weight excluding hydrogens is 557 g/mol. The van der Waals surface area contributed by atoms with Crippen LogP contribution in [0.5, 0.6) is 0 Å². The summed E-state index contributed by atoms with van der Waals surface area (Å²) in [4.78, 5) is 0. The number of hydrogen-bond donors (Lipinski definition) is 3. The molecule has 3 aromatic rings. The minimum absolute atomic E-state index is 0.0173. The topological polar surface area (TPSA) is 145 Å². The minimum Gasteiger partial charge on any atom is -0.394 e. The van der Waals surface area contributed by atoms with Crippen LogP contribution in [-0.4, -0.2) is 91.7 Å². The number of aliphatic hydroxyl groups excluding tert-OH is 2. The van der Waals surface area contributed by atoms with Gasteiger partial charge in [0.15, 0.2) is 17.5 Å². The summed E-state index contributed by atoms with van der Waals surface area (Å²) in [5, 5.41) is 44.3. The smallest absolute Gasteiger partial charge is 0.194 e. The van der Waals surface area contributed by atoms with E-state index in [0.717, 1.165) is 17.7 Å². The van der Waals surface area contributed by atoms with E-state index < -0.39 is 64.7 Å². The molecule has 2 saturated heterocycles. The van der Waals surface area contributed by atoms with Crippen molar-refractivity contribution < 1.29 is 47.2 Å². The monoisotopic (exact) mass is 586 g/mol. The quantitative estimate of drug-likeness (QED) is 0.335. The van der Waals surface area contributed by atoms with Crippen molar-refractivity contribution in [2.24, 2.45) is 0 Å². The molecule has 15 heteroatoms. The fourth-order valence-electron chi connectivity index (χ4n) is 5.10. The molecule has 0 radical (unpaired) electrons. The first-order valence-corrected chi connectivity index (χ1v) is 13.5. The molecule has 4 heterocycles. The van der Waals surface area contributed by atoms with Crippen molar-refractivity contribution in [1.29, 1.82) is 0 Å². The predicted molar refractivity (Wildman–Crippen MR) is 133 cm³/mol. The summed E-state index contributed by atoms with van der Waals surface area (Å²) in [6, 6.07) is 0.596. The van der Waals surface area contributed by atoms with Gasteiger partial charge in [-0.2, -0.15) is 0 Å². The summed E-state index contributed by atoms with van der Waals surface area (Å²) in [6.45, 7) is 1.94. The van der Waals surface area contributed by atoms with Gasteiger partial charge >= 0.3 is 0 Å². The van der Waals surface area contributed by atoms with E-state index >= 15 is 0 Å². The highest BCUT2D eigenvalue weighted by Gasteiger charge is 2.51. The van der Waals surface area contributed by atoms with Crippen LogP contribution in [0.4, 0.5) is 13.2 Å². The van der Waals surface area contributed by atoms with Crippen molar-refractivity contribution in [2.75, 3.05) is 26.9 Å². The molecule has 40 heavy (non-hydrogen) atoms. The Kier molecular flexibility index (Phi) is 8.52. The molecule has 6 atom stereocenters. The molecule has 2 aliphatic rings. The minimum atomic E-state index is -1.61. The Hall–Kier alpha value is -2.53.